The maximum atomic E-state index is 12.6. The second-order valence-electron chi connectivity index (χ2n) is 24.5. The Morgan fingerprint density at radius 3 is 0.783 bits per heavy atom. The van der Waals surface area contributed by atoms with Gasteiger partial charge in [-0.3, -0.25) is 0 Å². The largest absolute Gasteiger partial charge is 0.489 e. The van der Waals surface area contributed by atoms with Gasteiger partial charge in [0, 0.05) is 145 Å². The third-order valence-electron chi connectivity index (χ3n) is 17.6. The van der Waals surface area contributed by atoms with Crippen LogP contribution in [0.1, 0.15) is 111 Å². The third kappa shape index (κ3) is 13.9. The average Bonchev–Trinajstić information content (AvgIpc) is 1.04. The third-order valence-corrected chi connectivity index (χ3v) is 17.6. The number of hydrogen-bond acceptors (Lipinski definition) is 15. The molecule has 0 amide bonds. The SMILES string of the molecule is CCN(Cc1cc(CN(CC)c2cc3oc(=O)cc(C)c3cc2C)cc(OCc2cc(CO)cc(COc3cc(CN(CC)c4cc5oc(=O)cc(C)c5cc4C)cc(CN(CC)c4cc5oc(=O)cc(C)c5cc4C)c3)c2)c1)c1cc2oc(=O)cc(C)c2cc1C. The zero-order valence-electron chi connectivity index (χ0n) is 54.7. The van der Waals surface area contributed by atoms with E-state index in [9.17, 15) is 24.3 Å². The van der Waals surface area contributed by atoms with Gasteiger partial charge in [-0.25, -0.2) is 19.2 Å². The molecular weight excluding hydrogens is 1160 g/mol. The highest BCUT2D eigenvalue weighted by Gasteiger charge is 2.21. The first-order valence-electron chi connectivity index (χ1n) is 31.6. The lowest BCUT2D eigenvalue weighted by molar-refractivity contribution is 0.278. The van der Waals surface area contributed by atoms with E-state index in [0.29, 0.717) is 91.8 Å². The van der Waals surface area contributed by atoms with Crippen molar-refractivity contribution in [3.05, 3.63) is 253 Å². The molecule has 474 valence electrons. The van der Waals surface area contributed by atoms with Gasteiger partial charge in [-0.2, -0.15) is 0 Å². The summed E-state index contributed by atoms with van der Waals surface area (Å²) in [5, 5.41) is 14.3. The number of aliphatic hydroxyl groups is 1. The van der Waals surface area contributed by atoms with Gasteiger partial charge in [0.1, 0.15) is 47.0 Å². The predicted octanol–water partition coefficient (Wildman–Crippen LogP) is 15.3. The summed E-state index contributed by atoms with van der Waals surface area (Å²) in [4.78, 5) is 59.3. The van der Waals surface area contributed by atoms with Crippen LogP contribution in [0.15, 0.2) is 164 Å². The molecule has 11 aromatic rings. The number of hydrogen-bond donors (Lipinski definition) is 1. The van der Waals surface area contributed by atoms with Gasteiger partial charge in [-0.1, -0.05) is 24.3 Å². The van der Waals surface area contributed by atoms with Crippen molar-refractivity contribution in [1.29, 1.82) is 0 Å². The smallest absolute Gasteiger partial charge is 0.336 e. The van der Waals surface area contributed by atoms with Crippen LogP contribution in [0.25, 0.3) is 43.9 Å². The lowest BCUT2D eigenvalue weighted by Gasteiger charge is -2.28. The van der Waals surface area contributed by atoms with E-state index in [1.165, 1.54) is 24.3 Å². The van der Waals surface area contributed by atoms with Crippen LogP contribution in [-0.2, 0) is 46.0 Å². The number of aryl methyl sites for hydroxylation is 8. The van der Waals surface area contributed by atoms with E-state index in [1.807, 2.05) is 64.1 Å². The Kier molecular flexibility index (Phi) is 18.6. The van der Waals surface area contributed by atoms with Crippen molar-refractivity contribution in [3.63, 3.8) is 0 Å². The van der Waals surface area contributed by atoms with Gasteiger partial charge >= 0.3 is 22.5 Å². The zero-order valence-corrected chi connectivity index (χ0v) is 54.7. The van der Waals surface area contributed by atoms with E-state index in [1.54, 1.807) is 0 Å². The summed E-state index contributed by atoms with van der Waals surface area (Å²) >= 11 is 0. The Morgan fingerprint density at radius 1 is 0.304 bits per heavy atom. The number of anilines is 4. The van der Waals surface area contributed by atoms with Crippen molar-refractivity contribution < 1.29 is 32.2 Å². The molecule has 15 heteroatoms. The number of nitrogens with zero attached hydrogens (tertiary/aromatic N) is 4. The van der Waals surface area contributed by atoms with Crippen LogP contribution in [0.5, 0.6) is 11.5 Å². The van der Waals surface area contributed by atoms with E-state index in [-0.39, 0.29) is 42.3 Å². The monoisotopic (exact) mass is 1240 g/mol. The molecule has 1 N–H and O–H groups in total. The number of benzene rings is 7. The second kappa shape index (κ2) is 26.9. The minimum Gasteiger partial charge on any atom is -0.489 e. The highest BCUT2D eigenvalue weighted by Crippen LogP contribution is 2.36. The fourth-order valence-electron chi connectivity index (χ4n) is 13.0. The second-order valence-corrected chi connectivity index (χ2v) is 24.5. The fourth-order valence-corrected chi connectivity index (χ4v) is 13.0. The molecule has 0 aliphatic heterocycles. The van der Waals surface area contributed by atoms with Gasteiger partial charge in [0.05, 0.1) is 6.61 Å². The molecule has 0 spiro atoms. The summed E-state index contributed by atoms with van der Waals surface area (Å²) in [7, 11) is 0. The molecule has 15 nitrogen and oxygen atoms in total. The molecule has 0 bridgehead atoms. The Hall–Kier alpha value is -9.86. The van der Waals surface area contributed by atoms with E-state index < -0.39 is 0 Å². The Balaban J connectivity index is 0.903. The maximum Gasteiger partial charge on any atom is 0.336 e. The molecule has 4 aromatic heterocycles. The topological polar surface area (TPSA) is 172 Å². The molecule has 4 heterocycles. The fraction of sp³-hybridized carbons (Fsp3) is 0.299. The maximum absolute atomic E-state index is 12.6. The van der Waals surface area contributed by atoms with Crippen LogP contribution in [0.4, 0.5) is 22.7 Å². The first kappa shape index (κ1) is 63.7. The molecule has 0 aliphatic carbocycles. The minimum absolute atomic E-state index is 0.191. The van der Waals surface area contributed by atoms with E-state index in [2.05, 4.69) is 142 Å². The summed E-state index contributed by atoms with van der Waals surface area (Å²) in [5.74, 6) is 1.32. The molecule has 7 aromatic carbocycles. The molecular formula is C77H80N4O11. The van der Waals surface area contributed by atoms with Crippen molar-refractivity contribution in [3.8, 4) is 11.5 Å². The minimum atomic E-state index is -0.387. The number of fused-ring (bicyclic) bond motifs is 4. The van der Waals surface area contributed by atoms with Crippen LogP contribution in [0.2, 0.25) is 0 Å². The standard InChI is InChI=1S/C77H80N4O11/c1-13-78(66-34-70-62(17-49(66)9)45(5)21-74(83)89-70)38-53-25-54(39-79(14-2)67-35-71-63(18-50(67)10)46(6)22-75(84)90-71)31-60(30-53)87-43-58-27-57(42-82)28-59(29-58)44-88-61-32-55(40-80(15-3)68-36-72-64(19-51(68)11)47(7)23-76(85)91-72)26-56(33-61)41-81(16-4)69-37-73-65(20-52(69)12)48(8)24-77(86)92-73/h17-37,82H,13-16,38-44H2,1-12H3. The summed E-state index contributed by atoms with van der Waals surface area (Å²) < 4.78 is 36.6. The molecule has 0 unspecified atom stereocenters. The van der Waals surface area contributed by atoms with Crippen LogP contribution in [0, 0.1) is 55.4 Å². The van der Waals surface area contributed by atoms with Crippen molar-refractivity contribution >= 4 is 66.6 Å². The molecule has 0 fully saturated rings. The Labute approximate surface area is 535 Å². The highest BCUT2D eigenvalue weighted by atomic mass is 16.5. The first-order valence-corrected chi connectivity index (χ1v) is 31.6. The van der Waals surface area contributed by atoms with Gasteiger partial charge in [0.15, 0.2) is 0 Å². The molecule has 0 saturated heterocycles. The highest BCUT2D eigenvalue weighted by molar-refractivity contribution is 5.88. The van der Waals surface area contributed by atoms with Crippen LogP contribution in [-0.4, -0.2) is 31.3 Å². The van der Waals surface area contributed by atoms with Gasteiger partial charge in [0.25, 0.3) is 0 Å². The molecule has 11 rings (SSSR count). The molecule has 0 saturated carbocycles. The lowest BCUT2D eigenvalue weighted by atomic mass is 10.0. The van der Waals surface area contributed by atoms with Gasteiger partial charge in [0.2, 0.25) is 0 Å². The Morgan fingerprint density at radius 2 is 0.543 bits per heavy atom. The van der Waals surface area contributed by atoms with Gasteiger partial charge < -0.3 is 51.8 Å². The normalized spacial score (nSPS) is 11.5. The first-order chi connectivity index (χ1) is 44.1. The summed E-state index contributed by atoms with van der Waals surface area (Å²) in [5.41, 5.74) is 18.5. The van der Waals surface area contributed by atoms with E-state index in [4.69, 9.17) is 27.1 Å². The van der Waals surface area contributed by atoms with Crippen molar-refractivity contribution in [2.24, 2.45) is 0 Å². The summed E-state index contributed by atoms with van der Waals surface area (Å²) in [6, 6.07) is 41.0. The number of rotatable bonds is 23. The summed E-state index contributed by atoms with van der Waals surface area (Å²) in [6.45, 7) is 29.4. The summed E-state index contributed by atoms with van der Waals surface area (Å²) in [6.07, 6.45) is 0. The van der Waals surface area contributed by atoms with E-state index in [0.717, 1.165) is 122 Å². The Bertz CT molecular complexity index is 4320. The lowest BCUT2D eigenvalue weighted by Crippen LogP contribution is -2.24. The van der Waals surface area contributed by atoms with Crippen molar-refractivity contribution in [2.75, 3.05) is 45.8 Å². The molecule has 92 heavy (non-hydrogen) atoms. The number of ether oxygens (including phenoxy) is 2. The van der Waals surface area contributed by atoms with Gasteiger partial charge in [-0.15, -0.1) is 0 Å². The van der Waals surface area contributed by atoms with Crippen molar-refractivity contribution in [1.82, 2.24) is 0 Å². The predicted molar refractivity (Wildman–Crippen MR) is 369 cm³/mol. The van der Waals surface area contributed by atoms with Crippen molar-refractivity contribution in [2.45, 2.75) is 129 Å². The van der Waals surface area contributed by atoms with Crippen LogP contribution < -0.4 is 51.6 Å². The van der Waals surface area contributed by atoms with E-state index >= 15 is 0 Å². The van der Waals surface area contributed by atoms with Gasteiger partial charge in [-0.05, 0) is 221 Å². The molecule has 0 atom stereocenters. The van der Waals surface area contributed by atoms with Crippen LogP contribution >= 0.6 is 0 Å². The quantitative estimate of drug-likeness (QED) is 0.0599. The zero-order chi connectivity index (χ0) is 65.2. The van der Waals surface area contributed by atoms with Crippen LogP contribution in [0.3, 0.4) is 0 Å². The number of aliphatic hydroxyl groups excluding tert-OH is 1. The molecule has 0 aliphatic rings. The molecule has 0 radical (unpaired) electrons. The average molecular weight is 1240 g/mol.